The van der Waals surface area contributed by atoms with Gasteiger partial charge in [-0.25, -0.2) is 4.39 Å². The van der Waals surface area contributed by atoms with Crippen molar-refractivity contribution >= 4 is 11.5 Å². The Morgan fingerprint density at radius 2 is 1.89 bits per heavy atom. The molecule has 18 heavy (non-hydrogen) atoms. The van der Waals surface area contributed by atoms with Gasteiger partial charge in [-0.05, 0) is 37.3 Å². The molecule has 0 atom stereocenters. The molecular weight excluding hydrogens is 233 g/mol. The number of hydrogen-bond donors (Lipinski definition) is 1. The fourth-order valence-electron chi connectivity index (χ4n) is 1.49. The van der Waals surface area contributed by atoms with E-state index in [0.29, 0.717) is 11.3 Å². The Bertz CT molecular complexity index is 596. The van der Waals surface area contributed by atoms with Crippen LogP contribution in [0.25, 0.3) is 0 Å². The normalized spacial score (nSPS) is 10.1. The smallest absolute Gasteiger partial charge is 0.165 e. The zero-order chi connectivity index (χ0) is 13.1. The number of halogens is 1. The number of nitrogen functional groups attached to an aromatic ring is 1. The molecule has 4 heteroatoms. The molecule has 92 valence electrons. The minimum absolute atomic E-state index is 0.0740. The largest absolute Gasteiger partial charge is 0.452 e. The minimum atomic E-state index is -0.481. The van der Waals surface area contributed by atoms with Crippen molar-refractivity contribution in [1.29, 1.82) is 0 Å². The molecule has 0 saturated carbocycles. The molecule has 0 spiro atoms. The van der Waals surface area contributed by atoms with E-state index in [-0.39, 0.29) is 17.3 Å². The van der Waals surface area contributed by atoms with Crippen molar-refractivity contribution in [1.82, 2.24) is 0 Å². The van der Waals surface area contributed by atoms with Crippen molar-refractivity contribution in [2.75, 3.05) is 5.73 Å². The highest BCUT2D eigenvalue weighted by molar-refractivity contribution is 5.95. The van der Waals surface area contributed by atoms with Crippen molar-refractivity contribution in [2.45, 2.75) is 6.92 Å². The predicted octanol–water partition coefficient (Wildman–Crippen LogP) is 3.40. The van der Waals surface area contributed by atoms with E-state index in [9.17, 15) is 9.18 Å². The van der Waals surface area contributed by atoms with Crippen LogP contribution in [0, 0.1) is 5.82 Å². The summed E-state index contributed by atoms with van der Waals surface area (Å²) in [6.45, 7) is 1.44. The van der Waals surface area contributed by atoms with Gasteiger partial charge >= 0.3 is 0 Å². The van der Waals surface area contributed by atoms with E-state index >= 15 is 0 Å². The quantitative estimate of drug-likeness (QED) is 0.666. The second-order valence-corrected chi connectivity index (χ2v) is 3.84. The molecule has 2 aromatic rings. The summed E-state index contributed by atoms with van der Waals surface area (Å²) in [5.74, 6) is -0.240. The summed E-state index contributed by atoms with van der Waals surface area (Å²) in [6, 6.07) is 10.7. The molecule has 0 saturated heterocycles. The first-order chi connectivity index (χ1) is 8.58. The Morgan fingerprint density at radius 3 is 2.56 bits per heavy atom. The van der Waals surface area contributed by atoms with Gasteiger partial charge in [-0.2, -0.15) is 0 Å². The van der Waals surface area contributed by atoms with Crippen LogP contribution < -0.4 is 10.5 Å². The number of nitrogens with two attached hydrogens (primary N) is 1. The lowest BCUT2D eigenvalue weighted by molar-refractivity contribution is 0.101. The average Bonchev–Trinajstić information content (AvgIpc) is 2.34. The van der Waals surface area contributed by atoms with Gasteiger partial charge in [0.15, 0.2) is 23.1 Å². The first-order valence-corrected chi connectivity index (χ1v) is 5.41. The summed E-state index contributed by atoms with van der Waals surface area (Å²) in [5.41, 5.74) is 6.55. The molecule has 2 rings (SSSR count). The second kappa shape index (κ2) is 4.87. The third kappa shape index (κ3) is 2.48. The van der Waals surface area contributed by atoms with Gasteiger partial charge in [-0.3, -0.25) is 4.79 Å². The minimum Gasteiger partial charge on any atom is -0.452 e. The van der Waals surface area contributed by atoms with Gasteiger partial charge < -0.3 is 10.5 Å². The van der Waals surface area contributed by atoms with Gasteiger partial charge in [-0.15, -0.1) is 0 Å². The lowest BCUT2D eigenvalue weighted by Crippen LogP contribution is -1.98. The van der Waals surface area contributed by atoms with E-state index in [1.807, 2.05) is 0 Å². The van der Waals surface area contributed by atoms with Crippen LogP contribution in [0.15, 0.2) is 42.5 Å². The SMILES string of the molecule is CC(=O)c1ccc(N)c(Oc2ccccc2F)c1. The van der Waals surface area contributed by atoms with Gasteiger partial charge in [0.2, 0.25) is 0 Å². The first-order valence-electron chi connectivity index (χ1n) is 5.41. The maximum atomic E-state index is 13.4. The van der Waals surface area contributed by atoms with Crippen molar-refractivity contribution < 1.29 is 13.9 Å². The van der Waals surface area contributed by atoms with Gasteiger partial charge in [-0.1, -0.05) is 12.1 Å². The van der Waals surface area contributed by atoms with E-state index in [1.54, 1.807) is 24.3 Å². The first kappa shape index (κ1) is 12.1. The summed E-state index contributed by atoms with van der Waals surface area (Å²) in [6.07, 6.45) is 0. The Balaban J connectivity index is 2.37. The predicted molar refractivity (Wildman–Crippen MR) is 67.3 cm³/mol. The number of carbonyl (C=O) groups excluding carboxylic acids is 1. The Kier molecular flexibility index (Phi) is 3.28. The number of hydrogen-bond acceptors (Lipinski definition) is 3. The van der Waals surface area contributed by atoms with Gasteiger partial charge in [0.05, 0.1) is 5.69 Å². The van der Waals surface area contributed by atoms with Crippen LogP contribution >= 0.6 is 0 Å². The molecule has 3 nitrogen and oxygen atoms in total. The number of benzene rings is 2. The third-order valence-corrected chi connectivity index (χ3v) is 2.48. The number of carbonyl (C=O) groups is 1. The molecule has 0 aliphatic heterocycles. The summed E-state index contributed by atoms with van der Waals surface area (Å²) in [4.78, 5) is 11.3. The number of Topliss-reactive ketones (excluding diaryl/α,β-unsaturated/α-hetero) is 1. The van der Waals surface area contributed by atoms with Crippen molar-refractivity contribution in [2.24, 2.45) is 0 Å². The van der Waals surface area contributed by atoms with E-state index in [4.69, 9.17) is 10.5 Å². The van der Waals surface area contributed by atoms with E-state index in [0.717, 1.165) is 0 Å². The Labute approximate surface area is 104 Å². The van der Waals surface area contributed by atoms with Gasteiger partial charge in [0.25, 0.3) is 0 Å². The topological polar surface area (TPSA) is 52.3 Å². The van der Waals surface area contributed by atoms with E-state index < -0.39 is 5.82 Å². The number of ether oxygens (including phenoxy) is 1. The van der Waals surface area contributed by atoms with Crippen LogP contribution in [0.1, 0.15) is 17.3 Å². The number of rotatable bonds is 3. The highest BCUT2D eigenvalue weighted by Gasteiger charge is 2.09. The van der Waals surface area contributed by atoms with E-state index in [2.05, 4.69) is 0 Å². The number of ketones is 1. The zero-order valence-electron chi connectivity index (χ0n) is 9.81. The lowest BCUT2D eigenvalue weighted by Gasteiger charge is -2.10. The second-order valence-electron chi connectivity index (χ2n) is 3.84. The molecule has 0 radical (unpaired) electrons. The summed E-state index contributed by atoms with van der Waals surface area (Å²) < 4.78 is 18.8. The van der Waals surface area contributed by atoms with Crippen molar-refractivity contribution in [3.05, 3.63) is 53.8 Å². The Hall–Kier alpha value is -2.36. The summed E-state index contributed by atoms with van der Waals surface area (Å²) in [5, 5.41) is 0. The highest BCUT2D eigenvalue weighted by Crippen LogP contribution is 2.30. The molecule has 0 aliphatic rings. The fraction of sp³-hybridized carbons (Fsp3) is 0.0714. The average molecular weight is 245 g/mol. The molecule has 2 N–H and O–H groups in total. The fourth-order valence-corrected chi connectivity index (χ4v) is 1.49. The standard InChI is InChI=1S/C14H12FNO2/c1-9(17)10-6-7-12(16)14(8-10)18-13-5-3-2-4-11(13)15/h2-8H,16H2,1H3. The number of anilines is 1. The molecular formula is C14H12FNO2. The van der Waals surface area contributed by atoms with Crippen LogP contribution in [0.4, 0.5) is 10.1 Å². The van der Waals surface area contributed by atoms with Crippen molar-refractivity contribution in [3.63, 3.8) is 0 Å². The molecule has 0 aliphatic carbocycles. The van der Waals surface area contributed by atoms with Crippen LogP contribution in [-0.2, 0) is 0 Å². The molecule has 0 fully saturated rings. The van der Waals surface area contributed by atoms with E-state index in [1.165, 1.54) is 25.1 Å². The van der Waals surface area contributed by atoms with Crippen LogP contribution in [0.3, 0.4) is 0 Å². The zero-order valence-corrected chi connectivity index (χ0v) is 9.81. The van der Waals surface area contributed by atoms with Crippen LogP contribution in [0.5, 0.6) is 11.5 Å². The monoisotopic (exact) mass is 245 g/mol. The molecule has 2 aromatic carbocycles. The molecule has 0 amide bonds. The number of para-hydroxylation sites is 1. The molecule has 0 aromatic heterocycles. The van der Waals surface area contributed by atoms with Crippen molar-refractivity contribution in [3.8, 4) is 11.5 Å². The molecule has 0 heterocycles. The van der Waals surface area contributed by atoms with Crippen LogP contribution in [-0.4, -0.2) is 5.78 Å². The summed E-state index contributed by atoms with van der Waals surface area (Å²) in [7, 11) is 0. The van der Waals surface area contributed by atoms with Crippen LogP contribution in [0.2, 0.25) is 0 Å². The maximum Gasteiger partial charge on any atom is 0.165 e. The molecule has 0 bridgehead atoms. The summed E-state index contributed by atoms with van der Waals surface area (Å²) >= 11 is 0. The third-order valence-electron chi connectivity index (χ3n) is 2.48. The maximum absolute atomic E-state index is 13.4. The highest BCUT2D eigenvalue weighted by atomic mass is 19.1. The molecule has 0 unspecified atom stereocenters. The lowest BCUT2D eigenvalue weighted by atomic mass is 10.1. The Morgan fingerprint density at radius 1 is 1.17 bits per heavy atom. The van der Waals surface area contributed by atoms with Gasteiger partial charge in [0, 0.05) is 5.56 Å². The van der Waals surface area contributed by atoms with Gasteiger partial charge in [0.1, 0.15) is 0 Å².